The number of hydrogen-bond acceptors (Lipinski definition) is 8. The van der Waals surface area contributed by atoms with E-state index in [1.54, 1.807) is 43.9 Å². The lowest BCUT2D eigenvalue weighted by Gasteiger charge is -2.24. The Morgan fingerprint density at radius 3 is 2.50 bits per heavy atom. The maximum absolute atomic E-state index is 15.1. The molecule has 0 aliphatic carbocycles. The molecule has 2 aliphatic heterocycles. The molecule has 2 aromatic carbocycles. The van der Waals surface area contributed by atoms with Gasteiger partial charge < -0.3 is 30.3 Å². The number of carbonyl (C=O) groups is 4. The Morgan fingerprint density at radius 1 is 1.02 bits per heavy atom. The van der Waals surface area contributed by atoms with Crippen LogP contribution in [0.5, 0.6) is 17.2 Å². The van der Waals surface area contributed by atoms with Gasteiger partial charge in [0.15, 0.2) is 23.1 Å². The zero-order valence-corrected chi connectivity index (χ0v) is 27.6. The van der Waals surface area contributed by atoms with Gasteiger partial charge in [-0.15, -0.1) is 0 Å². The first-order chi connectivity index (χ1) is 23.0. The second-order valence-corrected chi connectivity index (χ2v) is 11.5. The van der Waals surface area contributed by atoms with E-state index in [0.717, 1.165) is 0 Å². The van der Waals surface area contributed by atoms with Gasteiger partial charge in [0.2, 0.25) is 17.7 Å². The lowest BCUT2D eigenvalue weighted by Crippen LogP contribution is -2.46. The monoisotopic (exact) mass is 664 g/mol. The molecule has 0 spiro atoms. The number of aryl methyl sites for hydroxylation is 2. The number of rotatable bonds is 4. The van der Waals surface area contributed by atoms with E-state index in [1.165, 1.54) is 35.9 Å². The largest absolute Gasteiger partial charge is 0.493 e. The number of fused-ring (bicyclic) bond motifs is 16. The van der Waals surface area contributed by atoms with E-state index >= 15 is 4.39 Å². The highest BCUT2D eigenvalue weighted by Crippen LogP contribution is 2.34. The molecule has 0 radical (unpaired) electrons. The van der Waals surface area contributed by atoms with E-state index in [1.807, 2.05) is 0 Å². The van der Waals surface area contributed by atoms with Crippen molar-refractivity contribution in [3.63, 3.8) is 0 Å². The summed E-state index contributed by atoms with van der Waals surface area (Å²) in [5, 5.41) is 8.27. The lowest BCUT2D eigenvalue weighted by atomic mass is 10.1. The zero-order chi connectivity index (χ0) is 34.8. The van der Waals surface area contributed by atoms with Gasteiger partial charge in [-0.3, -0.25) is 23.7 Å². The van der Waals surface area contributed by atoms with Crippen molar-refractivity contribution in [3.05, 3.63) is 81.3 Å². The molecule has 1 aromatic heterocycles. The molecule has 14 heteroatoms. The highest BCUT2D eigenvalue weighted by Gasteiger charge is 2.21. The first-order valence-corrected chi connectivity index (χ1v) is 15.8. The van der Waals surface area contributed by atoms with Crippen LogP contribution in [0, 0.1) is 19.7 Å². The molecular weight excluding hydrogens is 623 g/mol. The fourth-order valence-corrected chi connectivity index (χ4v) is 5.25. The van der Waals surface area contributed by atoms with Crippen molar-refractivity contribution in [2.45, 2.75) is 65.6 Å². The summed E-state index contributed by atoms with van der Waals surface area (Å²) < 4.78 is 27.5. The van der Waals surface area contributed by atoms with E-state index in [0.29, 0.717) is 36.2 Å². The van der Waals surface area contributed by atoms with Crippen LogP contribution in [0.15, 0.2) is 47.3 Å². The summed E-state index contributed by atoms with van der Waals surface area (Å²) in [4.78, 5) is 70.1. The zero-order valence-electron chi connectivity index (χ0n) is 27.6. The molecule has 4 bridgehead atoms. The summed E-state index contributed by atoms with van der Waals surface area (Å²) in [5.74, 6) is -1.93. The highest BCUT2D eigenvalue weighted by molar-refractivity contribution is 5.95. The number of amides is 4. The third kappa shape index (κ3) is 9.39. The topological polar surface area (TPSA) is 161 Å². The van der Waals surface area contributed by atoms with Crippen molar-refractivity contribution in [2.75, 3.05) is 26.7 Å². The Morgan fingerprint density at radius 2 is 1.79 bits per heavy atom. The molecule has 0 saturated heterocycles. The maximum Gasteiger partial charge on any atom is 0.348 e. The second-order valence-electron chi connectivity index (χ2n) is 11.5. The molecule has 5 rings (SSSR count). The van der Waals surface area contributed by atoms with Crippen LogP contribution < -0.4 is 31.1 Å². The molecule has 0 saturated carbocycles. The highest BCUT2D eigenvalue weighted by atomic mass is 19.1. The molecule has 0 unspecified atom stereocenters. The van der Waals surface area contributed by atoms with Crippen LogP contribution in [0.4, 0.5) is 4.39 Å². The van der Waals surface area contributed by atoms with Gasteiger partial charge in [-0.1, -0.05) is 13.0 Å². The lowest BCUT2D eigenvalue weighted by molar-refractivity contribution is -0.132. The summed E-state index contributed by atoms with van der Waals surface area (Å²) in [7, 11) is 1.42. The predicted molar refractivity (Wildman–Crippen MR) is 174 cm³/mol. The first kappa shape index (κ1) is 35.6. The molecule has 3 N–H and O–H groups in total. The summed E-state index contributed by atoms with van der Waals surface area (Å²) >= 11 is 0. The normalized spacial score (nSPS) is 16.7. The van der Waals surface area contributed by atoms with Crippen LogP contribution in [0.3, 0.4) is 0 Å². The van der Waals surface area contributed by atoms with E-state index in [9.17, 15) is 24.0 Å². The standard InChI is InChI=1S/C34H41FN6O7/c1-5-26-33(45)37-19-23-9-11-27(25(35)17-23)48-29-18-24(10-12-28(29)47-4)32(44)36-13-7-15-40(14-6-8-30(42)39-26)31(43)20-41-22(3)16-21(2)38-34(41)46/h9-12,16-18,26H,5-8,13-15,19-20H2,1-4H3,(H,36,44)(H,37,45)(H,39,42)/t26-/m0/s1. The van der Waals surface area contributed by atoms with Gasteiger partial charge in [-0.25, -0.2) is 9.18 Å². The van der Waals surface area contributed by atoms with Crippen molar-refractivity contribution in [3.8, 4) is 17.2 Å². The molecule has 4 amide bonds. The minimum absolute atomic E-state index is 0.0114. The van der Waals surface area contributed by atoms with E-state index < -0.39 is 29.4 Å². The van der Waals surface area contributed by atoms with Gasteiger partial charge >= 0.3 is 5.69 Å². The van der Waals surface area contributed by atoms with E-state index in [2.05, 4.69) is 20.9 Å². The van der Waals surface area contributed by atoms with Crippen LogP contribution in [0.25, 0.3) is 0 Å². The smallest absolute Gasteiger partial charge is 0.348 e. The molecule has 1 atom stereocenters. The fourth-order valence-electron chi connectivity index (χ4n) is 5.25. The predicted octanol–water partition coefficient (Wildman–Crippen LogP) is 2.75. The van der Waals surface area contributed by atoms with Crippen LogP contribution in [-0.2, 0) is 27.5 Å². The maximum atomic E-state index is 15.1. The van der Waals surface area contributed by atoms with Crippen molar-refractivity contribution < 1.29 is 33.0 Å². The van der Waals surface area contributed by atoms with Gasteiger partial charge in [-0.05, 0) is 75.1 Å². The Balaban J connectivity index is 1.56. The van der Waals surface area contributed by atoms with Gasteiger partial charge in [-0.2, -0.15) is 4.98 Å². The number of carbonyl (C=O) groups excluding carboxylic acids is 4. The number of methoxy groups -OCH3 is 1. The van der Waals surface area contributed by atoms with Crippen LogP contribution in [0.2, 0.25) is 0 Å². The number of halogens is 1. The summed E-state index contributed by atoms with van der Waals surface area (Å²) in [5.41, 5.74) is 1.32. The Hall–Kier alpha value is -5.27. The third-order valence-corrected chi connectivity index (χ3v) is 7.88. The number of benzene rings is 2. The van der Waals surface area contributed by atoms with Crippen LogP contribution >= 0.6 is 0 Å². The first-order valence-electron chi connectivity index (χ1n) is 15.8. The molecule has 3 aromatic rings. The molecule has 48 heavy (non-hydrogen) atoms. The number of nitrogens with zero attached hydrogens (tertiary/aromatic N) is 3. The fraction of sp³-hybridized carbons (Fsp3) is 0.412. The van der Waals surface area contributed by atoms with Crippen molar-refractivity contribution in [1.82, 2.24) is 30.4 Å². The van der Waals surface area contributed by atoms with Crippen LogP contribution in [0.1, 0.15) is 59.9 Å². The van der Waals surface area contributed by atoms with Gasteiger partial charge in [0.1, 0.15) is 12.6 Å². The minimum atomic E-state index is -0.809. The molecule has 0 fully saturated rings. The summed E-state index contributed by atoms with van der Waals surface area (Å²) in [6.45, 7) is 5.61. The van der Waals surface area contributed by atoms with Gasteiger partial charge in [0, 0.05) is 49.6 Å². The molecule has 13 nitrogen and oxygen atoms in total. The number of aromatic nitrogens is 2. The minimum Gasteiger partial charge on any atom is -0.493 e. The molecule has 256 valence electrons. The van der Waals surface area contributed by atoms with E-state index in [4.69, 9.17) is 9.47 Å². The van der Waals surface area contributed by atoms with Gasteiger partial charge in [0.05, 0.1) is 7.11 Å². The van der Waals surface area contributed by atoms with E-state index in [-0.39, 0.29) is 73.8 Å². The summed E-state index contributed by atoms with van der Waals surface area (Å²) in [6.07, 6.45) is 1.04. The molecule has 2 aliphatic rings. The quantitative estimate of drug-likeness (QED) is 0.384. The average Bonchev–Trinajstić information content (AvgIpc) is 3.05. The summed E-state index contributed by atoms with van der Waals surface area (Å²) in [6, 6.07) is 9.67. The molecular formula is C34H41FN6O7. The van der Waals surface area contributed by atoms with Gasteiger partial charge in [0.25, 0.3) is 5.91 Å². The third-order valence-electron chi connectivity index (χ3n) is 7.88. The number of hydrogen-bond donors (Lipinski definition) is 3. The SMILES string of the molecule is CC[C@@H]1NC(=O)CCCN(C(=O)Cn2c(C)cc(C)nc2=O)CCCNC(=O)c2ccc(OC)c(c2)Oc2ccc(cc2F)CNC1=O. The Labute approximate surface area is 277 Å². The van der Waals surface area contributed by atoms with Crippen molar-refractivity contribution >= 4 is 23.6 Å². The Kier molecular flexibility index (Phi) is 12.2. The average molecular weight is 665 g/mol. The van der Waals surface area contributed by atoms with Crippen LogP contribution in [-0.4, -0.2) is 70.9 Å². The molecule has 3 heterocycles. The number of nitrogens with one attached hydrogen (secondary N) is 3. The second kappa shape index (κ2) is 16.5. The van der Waals surface area contributed by atoms with Crippen molar-refractivity contribution in [1.29, 1.82) is 0 Å². The van der Waals surface area contributed by atoms with Crippen molar-refractivity contribution in [2.24, 2.45) is 0 Å². The Bertz CT molecular complexity index is 1730. The number of ether oxygens (including phenoxy) is 2.